The maximum atomic E-state index is 12.2. The lowest BCUT2D eigenvalue weighted by Gasteiger charge is -2.25. The zero-order valence-electron chi connectivity index (χ0n) is 19.3. The number of esters is 1. The molecule has 0 saturated carbocycles. The number of methoxy groups -OCH3 is 2. The topological polar surface area (TPSA) is 76.7 Å². The Hall–Kier alpha value is -3.52. The summed E-state index contributed by atoms with van der Waals surface area (Å²) in [5, 5.41) is 0. The Morgan fingerprint density at radius 1 is 0.941 bits per heavy atom. The van der Waals surface area contributed by atoms with Gasteiger partial charge >= 0.3 is 5.97 Å². The Morgan fingerprint density at radius 3 is 2.00 bits per heavy atom. The molecule has 2 aromatic carbocycles. The van der Waals surface area contributed by atoms with E-state index < -0.39 is 5.97 Å². The van der Waals surface area contributed by atoms with E-state index in [0.717, 1.165) is 38.4 Å². The number of halogens is 1. The largest absolute Gasteiger partial charge is 0.497 e. The van der Waals surface area contributed by atoms with Crippen molar-refractivity contribution in [3.05, 3.63) is 82.0 Å². The van der Waals surface area contributed by atoms with Crippen LogP contribution in [0.3, 0.4) is 0 Å². The smallest absolute Gasteiger partial charge is 0.354 e. The molecule has 0 fully saturated rings. The van der Waals surface area contributed by atoms with Crippen LogP contribution in [0.5, 0.6) is 11.5 Å². The van der Waals surface area contributed by atoms with Gasteiger partial charge in [0, 0.05) is 13.1 Å². The molecule has 8 heteroatoms. The van der Waals surface area contributed by atoms with Gasteiger partial charge in [-0.3, -0.25) is 0 Å². The number of carbonyl (C=O) groups excluding carboxylic acids is 1. The number of aromatic nitrogens is 2. The number of H-pyrrole nitrogens is 1. The van der Waals surface area contributed by atoms with Crippen LogP contribution in [0.25, 0.3) is 11.0 Å². The number of fused-ring (bicyclic) bond motifs is 1. The fraction of sp³-hybridized carbons (Fsp3) is 0.231. The minimum atomic E-state index is -0.397. The van der Waals surface area contributed by atoms with E-state index in [1.54, 1.807) is 27.2 Å². The normalized spacial score (nSPS) is 10.8. The first kappa shape index (κ1) is 23.6. The summed E-state index contributed by atoms with van der Waals surface area (Å²) in [4.78, 5) is 22.4. The van der Waals surface area contributed by atoms with Crippen LogP contribution in [0, 0.1) is 0 Å². The first-order chi connectivity index (χ1) is 16.5. The van der Waals surface area contributed by atoms with Gasteiger partial charge in [-0.2, -0.15) is 0 Å². The van der Waals surface area contributed by atoms with E-state index in [-0.39, 0.29) is 0 Å². The molecule has 0 unspecified atom stereocenters. The fourth-order valence-corrected chi connectivity index (χ4v) is 4.24. The minimum Gasteiger partial charge on any atom is -0.497 e. The molecule has 34 heavy (non-hydrogen) atoms. The molecular formula is C26H26BrN3O4. The standard InChI is InChI=1S/C26H26BrN3O4/c1-4-34-26(31)24-14-23-22(28-24)13-21(27)25(29-23)30(15-17-5-9-19(32-2)10-6-17)16-18-7-11-20(33-3)12-8-18/h5-14,28H,4,15-16H2,1-3H3. The van der Waals surface area contributed by atoms with Crippen molar-refractivity contribution >= 4 is 38.8 Å². The van der Waals surface area contributed by atoms with Gasteiger partial charge < -0.3 is 24.1 Å². The lowest BCUT2D eigenvalue weighted by molar-refractivity contribution is 0.0520. The Morgan fingerprint density at radius 2 is 1.50 bits per heavy atom. The molecule has 0 spiro atoms. The molecule has 2 aromatic heterocycles. The van der Waals surface area contributed by atoms with E-state index in [1.165, 1.54) is 0 Å². The van der Waals surface area contributed by atoms with Gasteiger partial charge in [-0.15, -0.1) is 0 Å². The number of ether oxygens (including phenoxy) is 3. The molecule has 176 valence electrons. The first-order valence-corrected chi connectivity index (χ1v) is 11.7. The van der Waals surface area contributed by atoms with E-state index in [1.807, 2.05) is 54.6 Å². The molecule has 4 rings (SSSR count). The van der Waals surface area contributed by atoms with Crippen molar-refractivity contribution in [3.8, 4) is 11.5 Å². The van der Waals surface area contributed by atoms with Gasteiger partial charge in [-0.05, 0) is 70.4 Å². The molecule has 0 saturated heterocycles. The molecule has 0 aliphatic heterocycles. The molecular weight excluding hydrogens is 498 g/mol. The molecule has 0 atom stereocenters. The summed E-state index contributed by atoms with van der Waals surface area (Å²) in [5.74, 6) is 2.00. The zero-order valence-corrected chi connectivity index (χ0v) is 20.9. The van der Waals surface area contributed by atoms with Crippen molar-refractivity contribution in [3.63, 3.8) is 0 Å². The number of carbonyl (C=O) groups is 1. The van der Waals surface area contributed by atoms with Crippen LogP contribution in [0.2, 0.25) is 0 Å². The fourth-order valence-electron chi connectivity index (χ4n) is 3.67. The van der Waals surface area contributed by atoms with E-state index in [0.29, 0.717) is 30.9 Å². The molecule has 7 nitrogen and oxygen atoms in total. The molecule has 2 heterocycles. The van der Waals surface area contributed by atoms with Crippen LogP contribution in [0.1, 0.15) is 28.5 Å². The lowest BCUT2D eigenvalue weighted by Crippen LogP contribution is -2.23. The Kier molecular flexibility index (Phi) is 7.37. The highest BCUT2D eigenvalue weighted by molar-refractivity contribution is 9.10. The number of rotatable bonds is 9. The lowest BCUT2D eigenvalue weighted by atomic mass is 10.1. The minimum absolute atomic E-state index is 0.314. The molecule has 1 N–H and O–H groups in total. The third kappa shape index (κ3) is 5.34. The SMILES string of the molecule is CCOC(=O)c1cc2nc(N(Cc3ccc(OC)cc3)Cc3ccc(OC)cc3)c(Br)cc2[nH]1. The predicted octanol–water partition coefficient (Wildman–Crippen LogP) is 5.73. The average Bonchev–Trinajstić information content (AvgIpc) is 3.27. The van der Waals surface area contributed by atoms with Crippen molar-refractivity contribution in [2.45, 2.75) is 20.0 Å². The third-order valence-electron chi connectivity index (χ3n) is 5.40. The second kappa shape index (κ2) is 10.6. The van der Waals surface area contributed by atoms with E-state index in [4.69, 9.17) is 19.2 Å². The summed E-state index contributed by atoms with van der Waals surface area (Å²) in [6, 6.07) is 19.6. The second-order valence-corrected chi connectivity index (χ2v) is 8.54. The molecule has 0 bridgehead atoms. The maximum Gasteiger partial charge on any atom is 0.354 e. The van der Waals surface area contributed by atoms with Gasteiger partial charge in [0.1, 0.15) is 23.0 Å². The van der Waals surface area contributed by atoms with Gasteiger partial charge in [0.15, 0.2) is 0 Å². The average molecular weight is 524 g/mol. The highest BCUT2D eigenvalue weighted by atomic mass is 79.9. The summed E-state index contributed by atoms with van der Waals surface area (Å²) in [6.07, 6.45) is 0. The number of anilines is 1. The highest BCUT2D eigenvalue weighted by Crippen LogP contribution is 2.31. The van der Waals surface area contributed by atoms with Crippen molar-refractivity contribution in [1.82, 2.24) is 9.97 Å². The van der Waals surface area contributed by atoms with Crippen LogP contribution in [-0.4, -0.2) is 36.8 Å². The Labute approximate surface area is 206 Å². The van der Waals surface area contributed by atoms with Crippen molar-refractivity contribution in [2.75, 3.05) is 25.7 Å². The van der Waals surface area contributed by atoms with Gasteiger partial charge in [-0.1, -0.05) is 24.3 Å². The van der Waals surface area contributed by atoms with Gasteiger partial charge in [0.05, 0.1) is 36.3 Å². The number of benzene rings is 2. The third-order valence-corrected chi connectivity index (χ3v) is 5.98. The van der Waals surface area contributed by atoms with Crippen molar-refractivity contribution < 1.29 is 19.0 Å². The molecule has 4 aromatic rings. The monoisotopic (exact) mass is 523 g/mol. The number of nitrogens with one attached hydrogen (secondary N) is 1. The van der Waals surface area contributed by atoms with E-state index in [9.17, 15) is 4.79 Å². The van der Waals surface area contributed by atoms with Crippen molar-refractivity contribution in [2.24, 2.45) is 0 Å². The zero-order chi connectivity index (χ0) is 24.1. The molecule has 0 radical (unpaired) electrons. The maximum absolute atomic E-state index is 12.2. The summed E-state index contributed by atoms with van der Waals surface area (Å²) < 4.78 is 16.5. The Bertz CT molecular complexity index is 1220. The van der Waals surface area contributed by atoms with Crippen LogP contribution in [-0.2, 0) is 17.8 Å². The van der Waals surface area contributed by atoms with Crippen LogP contribution in [0.15, 0.2) is 65.1 Å². The first-order valence-electron chi connectivity index (χ1n) is 10.9. The Balaban J connectivity index is 1.70. The van der Waals surface area contributed by atoms with Crippen LogP contribution >= 0.6 is 15.9 Å². The van der Waals surface area contributed by atoms with Crippen LogP contribution < -0.4 is 14.4 Å². The summed E-state index contributed by atoms with van der Waals surface area (Å²) in [5.41, 5.74) is 4.06. The number of nitrogens with zero attached hydrogens (tertiary/aromatic N) is 2. The van der Waals surface area contributed by atoms with Gasteiger partial charge in [0.2, 0.25) is 0 Å². The summed E-state index contributed by atoms with van der Waals surface area (Å²) in [6.45, 7) is 3.35. The number of hydrogen-bond acceptors (Lipinski definition) is 6. The number of pyridine rings is 1. The predicted molar refractivity (Wildman–Crippen MR) is 136 cm³/mol. The summed E-state index contributed by atoms with van der Waals surface area (Å²) >= 11 is 3.69. The number of hydrogen-bond donors (Lipinski definition) is 1. The van der Waals surface area contributed by atoms with E-state index >= 15 is 0 Å². The summed E-state index contributed by atoms with van der Waals surface area (Å²) in [7, 11) is 3.31. The number of aromatic amines is 1. The highest BCUT2D eigenvalue weighted by Gasteiger charge is 2.18. The van der Waals surface area contributed by atoms with E-state index in [2.05, 4.69) is 25.8 Å². The second-order valence-electron chi connectivity index (χ2n) is 7.68. The van der Waals surface area contributed by atoms with Crippen LogP contribution in [0.4, 0.5) is 5.82 Å². The molecule has 0 amide bonds. The van der Waals surface area contributed by atoms with Crippen molar-refractivity contribution in [1.29, 1.82) is 0 Å². The quantitative estimate of drug-likeness (QED) is 0.282. The van der Waals surface area contributed by atoms with Gasteiger partial charge in [0.25, 0.3) is 0 Å². The van der Waals surface area contributed by atoms with Gasteiger partial charge in [-0.25, -0.2) is 9.78 Å². The molecule has 0 aliphatic rings. The molecule has 0 aliphatic carbocycles.